The molecule has 1 rings (SSSR count). The van der Waals surface area contributed by atoms with E-state index in [2.05, 4.69) is 37.7 Å². The van der Waals surface area contributed by atoms with Crippen molar-refractivity contribution in [2.75, 3.05) is 54.0 Å². The molecule has 132 valence electrons. The topological polar surface area (TPSA) is 87.8 Å². The fourth-order valence-corrected chi connectivity index (χ4v) is 2.06. The van der Waals surface area contributed by atoms with Gasteiger partial charge in [-0.15, -0.1) is 0 Å². The largest absolute Gasteiger partial charge is 0.385 e. The predicted molar refractivity (Wildman–Crippen MR) is 90.7 cm³/mol. The SMILES string of the molecule is CN=C(NCCCc1nc(C)no1)NCCN(C)CCCOC. The average molecular weight is 326 g/mol. The molecule has 1 aromatic heterocycles. The molecule has 0 fully saturated rings. The lowest BCUT2D eigenvalue weighted by Gasteiger charge is -2.18. The minimum atomic E-state index is 0.681. The summed E-state index contributed by atoms with van der Waals surface area (Å²) in [7, 11) is 5.62. The maximum absolute atomic E-state index is 5.08. The van der Waals surface area contributed by atoms with Crippen molar-refractivity contribution in [3.63, 3.8) is 0 Å². The first kappa shape index (κ1) is 19.4. The number of methoxy groups -OCH3 is 1. The highest BCUT2D eigenvalue weighted by atomic mass is 16.5. The van der Waals surface area contributed by atoms with Crippen LogP contribution < -0.4 is 10.6 Å². The van der Waals surface area contributed by atoms with E-state index in [-0.39, 0.29) is 0 Å². The second-order valence-electron chi connectivity index (χ2n) is 5.41. The molecule has 0 aliphatic rings. The number of rotatable bonds is 11. The smallest absolute Gasteiger partial charge is 0.226 e. The van der Waals surface area contributed by atoms with Crippen molar-refractivity contribution in [2.24, 2.45) is 4.99 Å². The van der Waals surface area contributed by atoms with Gasteiger partial charge in [0, 0.05) is 53.4 Å². The molecule has 0 aliphatic heterocycles. The third-order valence-corrected chi connectivity index (χ3v) is 3.33. The number of hydrogen-bond acceptors (Lipinski definition) is 6. The normalized spacial score (nSPS) is 12.0. The standard InChI is InChI=1S/C15H30N6O2/c1-13-19-14(23-20-13)7-5-8-17-15(16-2)18-9-11-21(3)10-6-12-22-4/h5-12H2,1-4H3,(H2,16,17,18). The number of hydrogen-bond donors (Lipinski definition) is 2. The molecule has 23 heavy (non-hydrogen) atoms. The molecular formula is C15H30N6O2. The Labute approximate surface area is 138 Å². The molecule has 0 aromatic carbocycles. The molecule has 0 saturated heterocycles. The molecule has 0 saturated carbocycles. The molecule has 0 aliphatic carbocycles. The van der Waals surface area contributed by atoms with Gasteiger partial charge in [0.2, 0.25) is 5.89 Å². The quantitative estimate of drug-likeness (QED) is 0.347. The molecule has 0 spiro atoms. The van der Waals surface area contributed by atoms with Crippen LogP contribution in [0.3, 0.4) is 0 Å². The van der Waals surface area contributed by atoms with Crippen molar-refractivity contribution < 1.29 is 9.26 Å². The highest BCUT2D eigenvalue weighted by Crippen LogP contribution is 1.98. The first-order chi connectivity index (χ1) is 11.2. The van der Waals surface area contributed by atoms with Crippen LogP contribution in [0.2, 0.25) is 0 Å². The monoisotopic (exact) mass is 326 g/mol. The molecule has 8 nitrogen and oxygen atoms in total. The highest BCUT2D eigenvalue weighted by Gasteiger charge is 2.03. The van der Waals surface area contributed by atoms with E-state index in [9.17, 15) is 0 Å². The van der Waals surface area contributed by atoms with Crippen LogP contribution in [-0.2, 0) is 11.2 Å². The Morgan fingerprint density at radius 3 is 2.70 bits per heavy atom. The molecule has 0 bridgehead atoms. The average Bonchev–Trinajstić information content (AvgIpc) is 2.95. The lowest BCUT2D eigenvalue weighted by Crippen LogP contribution is -2.41. The first-order valence-corrected chi connectivity index (χ1v) is 8.07. The lowest BCUT2D eigenvalue weighted by molar-refractivity contribution is 0.180. The number of nitrogens with zero attached hydrogens (tertiary/aromatic N) is 4. The zero-order valence-electron chi connectivity index (χ0n) is 14.8. The Morgan fingerprint density at radius 2 is 2.04 bits per heavy atom. The van der Waals surface area contributed by atoms with Crippen molar-refractivity contribution in [2.45, 2.75) is 26.2 Å². The third kappa shape index (κ3) is 9.14. The van der Waals surface area contributed by atoms with Crippen LogP contribution in [0, 0.1) is 6.92 Å². The van der Waals surface area contributed by atoms with Gasteiger partial charge in [-0.3, -0.25) is 4.99 Å². The van der Waals surface area contributed by atoms with Gasteiger partial charge in [-0.05, 0) is 26.8 Å². The van der Waals surface area contributed by atoms with Gasteiger partial charge in [0.05, 0.1) is 0 Å². The van der Waals surface area contributed by atoms with Crippen LogP contribution in [0.1, 0.15) is 24.6 Å². The van der Waals surface area contributed by atoms with Gasteiger partial charge in [-0.1, -0.05) is 5.16 Å². The summed E-state index contributed by atoms with van der Waals surface area (Å²) in [5, 5.41) is 10.4. The van der Waals surface area contributed by atoms with Crippen molar-refractivity contribution in [3.8, 4) is 0 Å². The van der Waals surface area contributed by atoms with Gasteiger partial charge in [-0.2, -0.15) is 4.98 Å². The molecule has 8 heteroatoms. The first-order valence-electron chi connectivity index (χ1n) is 8.07. The Balaban J connectivity index is 2.07. The highest BCUT2D eigenvalue weighted by molar-refractivity contribution is 5.79. The van der Waals surface area contributed by atoms with Crippen molar-refractivity contribution in [1.82, 2.24) is 25.7 Å². The number of ether oxygens (including phenoxy) is 1. The maximum Gasteiger partial charge on any atom is 0.226 e. The van der Waals surface area contributed by atoms with E-state index in [1.165, 1.54) is 0 Å². The molecule has 0 unspecified atom stereocenters. The summed E-state index contributed by atoms with van der Waals surface area (Å²) in [6.45, 7) is 6.29. The Kier molecular flexibility index (Phi) is 9.97. The molecule has 0 radical (unpaired) electrons. The van der Waals surface area contributed by atoms with E-state index in [0.29, 0.717) is 11.7 Å². The van der Waals surface area contributed by atoms with E-state index in [4.69, 9.17) is 9.26 Å². The van der Waals surface area contributed by atoms with Crippen LogP contribution in [0.25, 0.3) is 0 Å². The Bertz CT molecular complexity index is 449. The molecule has 0 amide bonds. The summed E-state index contributed by atoms with van der Waals surface area (Å²) >= 11 is 0. The number of aromatic nitrogens is 2. The van der Waals surface area contributed by atoms with E-state index in [1.54, 1.807) is 14.2 Å². The van der Waals surface area contributed by atoms with Crippen molar-refractivity contribution >= 4 is 5.96 Å². The lowest BCUT2D eigenvalue weighted by atomic mass is 10.3. The second kappa shape index (κ2) is 11.8. The Hall–Kier alpha value is -1.67. The summed E-state index contributed by atoms with van der Waals surface area (Å²) in [6, 6.07) is 0. The molecule has 1 heterocycles. The summed E-state index contributed by atoms with van der Waals surface area (Å²) in [5.41, 5.74) is 0. The van der Waals surface area contributed by atoms with Crippen LogP contribution in [0.5, 0.6) is 0 Å². The zero-order chi connectivity index (χ0) is 16.9. The van der Waals surface area contributed by atoms with Crippen LogP contribution in [-0.4, -0.2) is 75.0 Å². The summed E-state index contributed by atoms with van der Waals surface area (Å²) in [6.07, 6.45) is 2.74. The van der Waals surface area contributed by atoms with Crippen LogP contribution >= 0.6 is 0 Å². The third-order valence-electron chi connectivity index (χ3n) is 3.33. The van der Waals surface area contributed by atoms with E-state index >= 15 is 0 Å². The van der Waals surface area contributed by atoms with Crippen molar-refractivity contribution in [3.05, 3.63) is 11.7 Å². The summed E-state index contributed by atoms with van der Waals surface area (Å²) in [4.78, 5) is 10.7. The zero-order valence-corrected chi connectivity index (χ0v) is 14.8. The van der Waals surface area contributed by atoms with Gasteiger partial charge >= 0.3 is 0 Å². The summed E-state index contributed by atoms with van der Waals surface area (Å²) in [5.74, 6) is 2.18. The fourth-order valence-electron chi connectivity index (χ4n) is 2.06. The van der Waals surface area contributed by atoms with Gasteiger partial charge in [-0.25, -0.2) is 0 Å². The van der Waals surface area contributed by atoms with Gasteiger partial charge < -0.3 is 24.8 Å². The molecule has 1 aromatic rings. The Morgan fingerprint density at radius 1 is 1.26 bits per heavy atom. The number of nitrogens with one attached hydrogen (secondary N) is 2. The number of likely N-dealkylation sites (N-methyl/N-ethyl adjacent to an activating group) is 1. The minimum Gasteiger partial charge on any atom is -0.385 e. The van der Waals surface area contributed by atoms with Gasteiger partial charge in [0.1, 0.15) is 0 Å². The minimum absolute atomic E-state index is 0.681. The molecule has 2 N–H and O–H groups in total. The number of guanidine groups is 1. The van der Waals surface area contributed by atoms with E-state index < -0.39 is 0 Å². The number of aliphatic imine (C=N–C) groups is 1. The summed E-state index contributed by atoms with van der Waals surface area (Å²) < 4.78 is 10.1. The maximum atomic E-state index is 5.08. The molecular weight excluding hydrogens is 296 g/mol. The van der Waals surface area contributed by atoms with Gasteiger partial charge in [0.25, 0.3) is 0 Å². The molecule has 0 atom stereocenters. The van der Waals surface area contributed by atoms with Crippen LogP contribution in [0.4, 0.5) is 0 Å². The van der Waals surface area contributed by atoms with E-state index in [0.717, 1.165) is 58.0 Å². The second-order valence-corrected chi connectivity index (χ2v) is 5.41. The number of aryl methyl sites for hydroxylation is 2. The predicted octanol–water partition coefficient (Wildman–Crippen LogP) is 0.444. The van der Waals surface area contributed by atoms with Crippen LogP contribution in [0.15, 0.2) is 9.52 Å². The van der Waals surface area contributed by atoms with Gasteiger partial charge in [0.15, 0.2) is 11.8 Å². The fraction of sp³-hybridized carbons (Fsp3) is 0.800. The van der Waals surface area contributed by atoms with Crippen molar-refractivity contribution in [1.29, 1.82) is 0 Å². The van der Waals surface area contributed by atoms with E-state index in [1.807, 2.05) is 6.92 Å².